The number of urea groups is 1. The molecule has 8 heteroatoms. The predicted molar refractivity (Wildman–Crippen MR) is 109 cm³/mol. The molecule has 0 spiro atoms. The van der Waals surface area contributed by atoms with Gasteiger partial charge in [-0.15, -0.1) is 0 Å². The molecule has 2 aromatic heterocycles. The Kier molecular flexibility index (Phi) is 5.04. The maximum atomic E-state index is 12.8. The van der Waals surface area contributed by atoms with Gasteiger partial charge in [-0.3, -0.25) is 4.90 Å². The highest BCUT2D eigenvalue weighted by Crippen LogP contribution is 2.29. The van der Waals surface area contributed by atoms with Gasteiger partial charge in [-0.25, -0.2) is 14.6 Å². The van der Waals surface area contributed by atoms with E-state index < -0.39 is 0 Å². The second kappa shape index (κ2) is 7.63. The molecule has 146 valence electrons. The first-order valence-corrected chi connectivity index (χ1v) is 10.2. The van der Waals surface area contributed by atoms with Gasteiger partial charge in [0.15, 0.2) is 5.13 Å². The lowest BCUT2D eigenvalue weighted by molar-refractivity contribution is 0.0531. The Morgan fingerprint density at radius 2 is 2.14 bits per heavy atom. The van der Waals surface area contributed by atoms with Crippen LogP contribution < -0.4 is 4.90 Å². The zero-order valence-corrected chi connectivity index (χ0v) is 16.7. The van der Waals surface area contributed by atoms with Crippen molar-refractivity contribution in [3.8, 4) is 0 Å². The first-order chi connectivity index (χ1) is 13.6. The van der Waals surface area contributed by atoms with Crippen LogP contribution in [0.5, 0.6) is 0 Å². The molecule has 28 heavy (non-hydrogen) atoms. The lowest BCUT2D eigenvalue weighted by Gasteiger charge is -2.16. The van der Waals surface area contributed by atoms with Crippen molar-refractivity contribution < 1.29 is 14.3 Å². The smallest absolute Gasteiger partial charge is 0.350 e. The van der Waals surface area contributed by atoms with Crippen LogP contribution in [0.25, 0.3) is 10.9 Å². The van der Waals surface area contributed by atoms with E-state index in [-0.39, 0.29) is 12.0 Å². The number of anilines is 1. The maximum Gasteiger partial charge on any atom is 0.350 e. The van der Waals surface area contributed by atoms with Crippen LogP contribution in [-0.2, 0) is 11.2 Å². The number of aryl methyl sites for hydroxylation is 1. The number of rotatable bonds is 6. The fourth-order valence-electron chi connectivity index (χ4n) is 3.45. The van der Waals surface area contributed by atoms with Crippen molar-refractivity contribution in [2.24, 2.45) is 0 Å². The van der Waals surface area contributed by atoms with Gasteiger partial charge in [-0.1, -0.05) is 29.5 Å². The van der Waals surface area contributed by atoms with Gasteiger partial charge in [-0.2, -0.15) is 0 Å². The van der Waals surface area contributed by atoms with Crippen molar-refractivity contribution in [1.82, 2.24) is 14.9 Å². The van der Waals surface area contributed by atoms with Crippen LogP contribution in [0.15, 0.2) is 30.5 Å². The standard InChI is InChI=1S/C20H22N4O3S/c1-3-27-18(25)17-13(2)22-19(28-17)24-11-10-23(20(24)26)9-8-14-12-21-16-7-5-4-6-15(14)16/h4-7,12,21H,3,8-11H2,1-2H3. The fourth-order valence-corrected chi connectivity index (χ4v) is 4.43. The van der Waals surface area contributed by atoms with E-state index >= 15 is 0 Å². The summed E-state index contributed by atoms with van der Waals surface area (Å²) in [5, 5.41) is 1.75. The van der Waals surface area contributed by atoms with Crippen LogP contribution >= 0.6 is 11.3 Å². The molecule has 0 radical (unpaired) electrons. The average molecular weight is 398 g/mol. The largest absolute Gasteiger partial charge is 0.462 e. The molecule has 1 fully saturated rings. The zero-order valence-electron chi connectivity index (χ0n) is 15.9. The van der Waals surface area contributed by atoms with Gasteiger partial charge >= 0.3 is 12.0 Å². The number of esters is 1. The maximum absolute atomic E-state index is 12.8. The molecule has 0 unspecified atom stereocenters. The molecule has 3 heterocycles. The van der Waals surface area contributed by atoms with Crippen molar-refractivity contribution in [2.45, 2.75) is 20.3 Å². The van der Waals surface area contributed by atoms with Crippen LogP contribution in [0.1, 0.15) is 27.9 Å². The minimum Gasteiger partial charge on any atom is -0.462 e. The van der Waals surface area contributed by atoms with Crippen LogP contribution in [0, 0.1) is 6.92 Å². The second-order valence-corrected chi connectivity index (χ2v) is 7.64. The van der Waals surface area contributed by atoms with E-state index in [2.05, 4.69) is 16.0 Å². The summed E-state index contributed by atoms with van der Waals surface area (Å²) in [6, 6.07) is 8.10. The zero-order chi connectivity index (χ0) is 19.7. The minimum absolute atomic E-state index is 0.0657. The number of fused-ring (bicyclic) bond motifs is 1. The van der Waals surface area contributed by atoms with Gasteiger partial charge < -0.3 is 14.6 Å². The van der Waals surface area contributed by atoms with E-state index in [1.807, 2.05) is 29.3 Å². The summed E-state index contributed by atoms with van der Waals surface area (Å²) < 4.78 is 5.06. The number of benzene rings is 1. The highest BCUT2D eigenvalue weighted by atomic mass is 32.1. The quantitative estimate of drug-likeness (QED) is 0.644. The number of hydrogen-bond donors (Lipinski definition) is 1. The number of carbonyl (C=O) groups is 2. The Hall–Kier alpha value is -2.87. The number of nitrogens with one attached hydrogen (secondary N) is 1. The number of ether oxygens (including phenoxy) is 1. The van der Waals surface area contributed by atoms with E-state index in [0.29, 0.717) is 41.9 Å². The van der Waals surface area contributed by atoms with Crippen LogP contribution in [0.2, 0.25) is 0 Å². The Morgan fingerprint density at radius 3 is 2.96 bits per heavy atom. The van der Waals surface area contributed by atoms with Crippen molar-refractivity contribution in [2.75, 3.05) is 31.1 Å². The van der Waals surface area contributed by atoms with Crippen molar-refractivity contribution in [1.29, 1.82) is 0 Å². The summed E-state index contributed by atoms with van der Waals surface area (Å²) in [4.78, 5) is 36.5. The highest BCUT2D eigenvalue weighted by molar-refractivity contribution is 7.17. The minimum atomic E-state index is -0.383. The molecule has 7 nitrogen and oxygen atoms in total. The third kappa shape index (κ3) is 3.35. The van der Waals surface area contributed by atoms with Crippen molar-refractivity contribution >= 4 is 39.4 Å². The average Bonchev–Trinajstić information content (AvgIpc) is 3.37. The molecule has 0 aliphatic carbocycles. The molecule has 0 saturated carbocycles. The van der Waals surface area contributed by atoms with Gasteiger partial charge in [-0.05, 0) is 31.9 Å². The molecule has 1 N–H and O–H groups in total. The first-order valence-electron chi connectivity index (χ1n) is 9.34. The molecule has 1 aromatic carbocycles. The number of aromatic amines is 1. The van der Waals surface area contributed by atoms with Crippen LogP contribution in [0.3, 0.4) is 0 Å². The topological polar surface area (TPSA) is 78.5 Å². The number of hydrogen-bond acceptors (Lipinski definition) is 5. The molecule has 1 aliphatic heterocycles. The lowest BCUT2D eigenvalue weighted by atomic mass is 10.1. The number of nitrogens with zero attached hydrogens (tertiary/aromatic N) is 3. The Balaban J connectivity index is 1.44. The van der Waals surface area contributed by atoms with Crippen LogP contribution in [-0.4, -0.2) is 53.1 Å². The fraction of sp³-hybridized carbons (Fsp3) is 0.350. The summed E-state index contributed by atoms with van der Waals surface area (Å²) in [6.45, 7) is 5.71. The summed E-state index contributed by atoms with van der Waals surface area (Å²) in [7, 11) is 0. The summed E-state index contributed by atoms with van der Waals surface area (Å²) >= 11 is 1.22. The monoisotopic (exact) mass is 398 g/mol. The Labute approximate surface area is 166 Å². The Morgan fingerprint density at radius 1 is 1.32 bits per heavy atom. The number of thiazole rings is 1. The SMILES string of the molecule is CCOC(=O)c1sc(N2CCN(CCc3c[nH]c4ccccc34)C2=O)nc1C. The highest BCUT2D eigenvalue weighted by Gasteiger charge is 2.32. The van der Waals surface area contributed by atoms with E-state index in [1.54, 1.807) is 18.7 Å². The molecule has 2 amide bonds. The third-order valence-electron chi connectivity index (χ3n) is 4.90. The number of H-pyrrole nitrogens is 1. The third-order valence-corrected chi connectivity index (χ3v) is 6.06. The molecule has 1 aliphatic rings. The lowest BCUT2D eigenvalue weighted by Crippen LogP contribution is -2.33. The normalized spacial score (nSPS) is 14.3. The molecule has 4 rings (SSSR count). The van der Waals surface area contributed by atoms with Crippen molar-refractivity contribution in [3.63, 3.8) is 0 Å². The van der Waals surface area contributed by atoms with Crippen molar-refractivity contribution in [3.05, 3.63) is 46.6 Å². The number of carbonyl (C=O) groups excluding carboxylic acids is 2. The van der Waals surface area contributed by atoms with Crippen LogP contribution in [0.4, 0.5) is 9.93 Å². The van der Waals surface area contributed by atoms with Gasteiger partial charge in [0.05, 0.1) is 12.3 Å². The van der Waals surface area contributed by atoms with E-state index in [9.17, 15) is 9.59 Å². The number of amides is 2. The predicted octanol–water partition coefficient (Wildman–Crippen LogP) is 3.59. The van der Waals surface area contributed by atoms with Gasteiger partial charge in [0, 0.05) is 36.7 Å². The van der Waals surface area contributed by atoms with E-state index in [1.165, 1.54) is 22.3 Å². The summed E-state index contributed by atoms with van der Waals surface area (Å²) in [5.41, 5.74) is 2.91. The molecule has 3 aromatic rings. The summed E-state index contributed by atoms with van der Waals surface area (Å²) in [5.74, 6) is -0.383. The van der Waals surface area contributed by atoms with E-state index in [4.69, 9.17) is 4.74 Å². The molecule has 0 bridgehead atoms. The van der Waals surface area contributed by atoms with Gasteiger partial charge in [0.25, 0.3) is 0 Å². The summed E-state index contributed by atoms with van der Waals surface area (Å²) in [6.07, 6.45) is 2.80. The number of aromatic nitrogens is 2. The second-order valence-electron chi connectivity index (χ2n) is 6.66. The molecular weight excluding hydrogens is 376 g/mol. The van der Waals surface area contributed by atoms with Gasteiger partial charge in [0.1, 0.15) is 4.88 Å². The molecular formula is C20H22N4O3S. The molecule has 0 atom stereocenters. The van der Waals surface area contributed by atoms with E-state index in [0.717, 1.165) is 11.9 Å². The van der Waals surface area contributed by atoms with Gasteiger partial charge in [0.2, 0.25) is 0 Å². The Bertz CT molecular complexity index is 1030. The number of para-hydroxylation sites is 1. The first kappa shape index (κ1) is 18.5. The molecule has 1 saturated heterocycles.